The molecule has 2 amide bonds. The minimum Gasteiger partial charge on any atom is -0.497 e. The Labute approximate surface area is 167 Å². The van der Waals surface area contributed by atoms with E-state index in [1.807, 2.05) is 0 Å². The Kier molecular flexibility index (Phi) is 7.52. The quantitative estimate of drug-likeness (QED) is 0.683. The molecule has 6 nitrogen and oxygen atoms in total. The van der Waals surface area contributed by atoms with Gasteiger partial charge in [-0.25, -0.2) is 0 Å². The molecule has 0 heterocycles. The Morgan fingerprint density at radius 3 is 2.56 bits per heavy atom. The van der Waals surface area contributed by atoms with Crippen LogP contribution in [0.2, 0.25) is 10.0 Å². The summed E-state index contributed by atoms with van der Waals surface area (Å²) in [4.78, 5) is 23.9. The van der Waals surface area contributed by atoms with Gasteiger partial charge in [-0.3, -0.25) is 9.59 Å². The standard InChI is InChI=1S/C19H18Cl2N2O4/c1-26-14-5-7-17(27-2)12(9-14)3-8-18(24)22-11-19(25)23-16-10-13(20)4-6-15(16)21/h3-10H,11H2,1-2H3,(H,22,24)(H,23,25)/b8-3+. The maximum atomic E-state index is 12.0. The molecule has 0 atom stereocenters. The fourth-order valence-electron chi connectivity index (χ4n) is 2.15. The molecule has 8 heteroatoms. The van der Waals surface area contributed by atoms with Gasteiger partial charge in [-0.05, 0) is 42.5 Å². The van der Waals surface area contributed by atoms with Crippen LogP contribution in [0.5, 0.6) is 11.5 Å². The van der Waals surface area contributed by atoms with Crippen LogP contribution in [0.4, 0.5) is 5.69 Å². The molecule has 0 aliphatic carbocycles. The summed E-state index contributed by atoms with van der Waals surface area (Å²) in [5.74, 6) is 0.355. The van der Waals surface area contributed by atoms with Crippen LogP contribution >= 0.6 is 23.2 Å². The average Bonchev–Trinajstić information content (AvgIpc) is 2.67. The second kappa shape index (κ2) is 9.85. The summed E-state index contributed by atoms with van der Waals surface area (Å²) in [6, 6.07) is 9.93. The fourth-order valence-corrected chi connectivity index (χ4v) is 2.49. The molecule has 2 rings (SSSR count). The highest BCUT2D eigenvalue weighted by atomic mass is 35.5. The first-order valence-corrected chi connectivity index (χ1v) is 8.61. The van der Waals surface area contributed by atoms with Crippen LogP contribution < -0.4 is 20.1 Å². The number of nitrogens with one attached hydrogen (secondary N) is 2. The number of anilines is 1. The van der Waals surface area contributed by atoms with Crippen LogP contribution in [0.25, 0.3) is 6.08 Å². The Morgan fingerprint density at radius 1 is 1.07 bits per heavy atom. The average molecular weight is 409 g/mol. The van der Waals surface area contributed by atoms with Crippen molar-refractivity contribution in [1.82, 2.24) is 5.32 Å². The number of rotatable bonds is 7. The van der Waals surface area contributed by atoms with Crippen LogP contribution in [0.1, 0.15) is 5.56 Å². The number of methoxy groups -OCH3 is 2. The number of hydrogen-bond acceptors (Lipinski definition) is 4. The van der Waals surface area contributed by atoms with Gasteiger partial charge >= 0.3 is 0 Å². The maximum Gasteiger partial charge on any atom is 0.244 e. The normalized spacial score (nSPS) is 10.5. The molecule has 0 unspecified atom stereocenters. The van der Waals surface area contributed by atoms with E-state index in [1.165, 1.54) is 19.3 Å². The van der Waals surface area contributed by atoms with Gasteiger partial charge in [0.25, 0.3) is 0 Å². The van der Waals surface area contributed by atoms with E-state index < -0.39 is 11.8 Å². The molecule has 0 radical (unpaired) electrons. The second-order valence-electron chi connectivity index (χ2n) is 5.33. The lowest BCUT2D eigenvalue weighted by Crippen LogP contribution is -2.31. The molecule has 0 aromatic heterocycles. The minimum absolute atomic E-state index is 0.221. The Bertz CT molecular complexity index is 869. The molecular weight excluding hydrogens is 391 g/mol. The molecule has 0 saturated carbocycles. The lowest BCUT2D eigenvalue weighted by Gasteiger charge is -2.08. The molecule has 0 aliphatic rings. The monoisotopic (exact) mass is 408 g/mol. The van der Waals surface area contributed by atoms with Crippen LogP contribution in [0, 0.1) is 0 Å². The SMILES string of the molecule is COc1ccc(OC)c(/C=C/C(=O)NCC(=O)Nc2cc(Cl)ccc2Cl)c1. The van der Waals surface area contributed by atoms with Crippen molar-refractivity contribution >= 4 is 46.8 Å². The third kappa shape index (κ3) is 6.20. The summed E-state index contributed by atoms with van der Waals surface area (Å²) in [6.07, 6.45) is 2.87. The van der Waals surface area contributed by atoms with Crippen LogP contribution in [-0.2, 0) is 9.59 Å². The van der Waals surface area contributed by atoms with Gasteiger partial charge < -0.3 is 20.1 Å². The molecular formula is C19H18Cl2N2O4. The molecule has 27 heavy (non-hydrogen) atoms. The molecule has 2 aromatic carbocycles. The van der Waals surface area contributed by atoms with E-state index >= 15 is 0 Å². The highest BCUT2D eigenvalue weighted by Gasteiger charge is 2.08. The highest BCUT2D eigenvalue weighted by molar-refractivity contribution is 6.35. The largest absolute Gasteiger partial charge is 0.497 e. The highest BCUT2D eigenvalue weighted by Crippen LogP contribution is 2.26. The third-order valence-electron chi connectivity index (χ3n) is 3.48. The summed E-state index contributed by atoms with van der Waals surface area (Å²) in [5.41, 5.74) is 1.04. The molecule has 0 aliphatic heterocycles. The molecule has 0 fully saturated rings. The van der Waals surface area contributed by atoms with Crippen molar-refractivity contribution in [1.29, 1.82) is 0 Å². The van der Waals surface area contributed by atoms with Crippen molar-refractivity contribution in [2.45, 2.75) is 0 Å². The smallest absolute Gasteiger partial charge is 0.244 e. The van der Waals surface area contributed by atoms with Gasteiger partial charge in [0.1, 0.15) is 11.5 Å². The van der Waals surface area contributed by atoms with E-state index in [9.17, 15) is 9.59 Å². The summed E-state index contributed by atoms with van der Waals surface area (Å²) in [5, 5.41) is 5.86. The minimum atomic E-state index is -0.438. The Balaban J connectivity index is 1.93. The number of carbonyl (C=O) groups is 2. The number of carbonyl (C=O) groups excluding carboxylic acids is 2. The molecule has 0 bridgehead atoms. The fraction of sp³-hybridized carbons (Fsp3) is 0.158. The molecule has 0 saturated heterocycles. The molecule has 142 valence electrons. The predicted octanol–water partition coefficient (Wildman–Crippen LogP) is 3.78. The summed E-state index contributed by atoms with van der Waals surface area (Å²) in [6.45, 7) is -0.221. The Morgan fingerprint density at radius 2 is 1.85 bits per heavy atom. The lowest BCUT2D eigenvalue weighted by molar-refractivity contribution is -0.121. The van der Waals surface area contributed by atoms with Gasteiger partial charge in [0.2, 0.25) is 11.8 Å². The van der Waals surface area contributed by atoms with E-state index in [-0.39, 0.29) is 6.54 Å². The topological polar surface area (TPSA) is 76.7 Å². The zero-order valence-corrected chi connectivity index (χ0v) is 16.2. The first kappa shape index (κ1) is 20.6. The van der Waals surface area contributed by atoms with Crippen molar-refractivity contribution in [3.63, 3.8) is 0 Å². The summed E-state index contributed by atoms with van der Waals surface area (Å²) >= 11 is 11.8. The molecule has 0 spiro atoms. The van der Waals surface area contributed by atoms with Gasteiger partial charge in [-0.15, -0.1) is 0 Å². The van der Waals surface area contributed by atoms with Crippen LogP contribution in [0.3, 0.4) is 0 Å². The number of benzene rings is 2. The second-order valence-corrected chi connectivity index (χ2v) is 6.17. The van der Waals surface area contributed by atoms with Gasteiger partial charge in [-0.1, -0.05) is 23.2 Å². The van der Waals surface area contributed by atoms with Crippen LogP contribution in [0.15, 0.2) is 42.5 Å². The van der Waals surface area contributed by atoms with Crippen molar-refractivity contribution in [2.24, 2.45) is 0 Å². The van der Waals surface area contributed by atoms with E-state index in [0.29, 0.717) is 32.8 Å². The third-order valence-corrected chi connectivity index (χ3v) is 4.04. The van der Waals surface area contributed by atoms with E-state index in [0.717, 1.165) is 0 Å². The van der Waals surface area contributed by atoms with E-state index in [2.05, 4.69) is 10.6 Å². The van der Waals surface area contributed by atoms with Crippen molar-refractivity contribution in [3.8, 4) is 11.5 Å². The first-order valence-electron chi connectivity index (χ1n) is 7.85. The van der Waals surface area contributed by atoms with Gasteiger partial charge in [0.15, 0.2) is 0 Å². The van der Waals surface area contributed by atoms with Crippen LogP contribution in [-0.4, -0.2) is 32.6 Å². The van der Waals surface area contributed by atoms with Gasteiger partial charge in [0, 0.05) is 16.7 Å². The summed E-state index contributed by atoms with van der Waals surface area (Å²) in [7, 11) is 3.08. The number of hydrogen-bond donors (Lipinski definition) is 2. The molecule has 2 N–H and O–H groups in total. The van der Waals surface area contributed by atoms with Gasteiger partial charge in [-0.2, -0.15) is 0 Å². The van der Waals surface area contributed by atoms with Crippen molar-refractivity contribution < 1.29 is 19.1 Å². The summed E-state index contributed by atoms with van der Waals surface area (Å²) < 4.78 is 10.4. The number of amides is 2. The number of halogens is 2. The van der Waals surface area contributed by atoms with Gasteiger partial charge in [0.05, 0.1) is 31.5 Å². The zero-order chi connectivity index (χ0) is 19.8. The van der Waals surface area contributed by atoms with E-state index in [4.69, 9.17) is 32.7 Å². The Hall–Kier alpha value is -2.70. The van der Waals surface area contributed by atoms with Crippen molar-refractivity contribution in [2.75, 3.05) is 26.1 Å². The maximum absolute atomic E-state index is 12.0. The molecule has 2 aromatic rings. The van der Waals surface area contributed by atoms with Crippen molar-refractivity contribution in [3.05, 3.63) is 58.1 Å². The first-order chi connectivity index (χ1) is 12.9. The lowest BCUT2D eigenvalue weighted by atomic mass is 10.1. The predicted molar refractivity (Wildman–Crippen MR) is 107 cm³/mol. The zero-order valence-electron chi connectivity index (χ0n) is 14.7. The number of ether oxygens (including phenoxy) is 2. The van der Waals surface area contributed by atoms with E-state index in [1.54, 1.807) is 43.5 Å².